The lowest BCUT2D eigenvalue weighted by molar-refractivity contribution is -0.142. The summed E-state index contributed by atoms with van der Waals surface area (Å²) in [4.78, 5) is 61.8. The van der Waals surface area contributed by atoms with Gasteiger partial charge in [0.05, 0.1) is 23.0 Å². The number of carboxylic acids is 1. The molecule has 1 heterocycles. The van der Waals surface area contributed by atoms with Crippen molar-refractivity contribution in [1.82, 2.24) is 15.5 Å². The van der Waals surface area contributed by atoms with E-state index >= 15 is 0 Å². The van der Waals surface area contributed by atoms with Gasteiger partial charge in [-0.1, -0.05) is 37.6 Å². The Morgan fingerprint density at radius 2 is 1.90 bits per heavy atom. The number of carboxylic acid groups (broad SMARTS) is 1. The first-order chi connectivity index (χ1) is 14.6. The van der Waals surface area contributed by atoms with Crippen LogP contribution in [0.25, 0.3) is 0 Å². The van der Waals surface area contributed by atoms with E-state index in [0.717, 1.165) is 0 Å². The predicted octanol–water partition coefficient (Wildman–Crippen LogP) is 1.24. The second-order valence-corrected chi connectivity index (χ2v) is 8.12. The van der Waals surface area contributed by atoms with Crippen LogP contribution in [0.3, 0.4) is 0 Å². The molecular formula is C21H26ClN3O6. The monoisotopic (exact) mass is 451 g/mol. The minimum absolute atomic E-state index is 0.237. The number of carbonyl (C=O) groups is 5. The van der Waals surface area contributed by atoms with Crippen LogP contribution in [0.5, 0.6) is 0 Å². The van der Waals surface area contributed by atoms with Gasteiger partial charge in [-0.3, -0.25) is 19.2 Å². The zero-order chi connectivity index (χ0) is 23.1. The minimum atomic E-state index is -1.22. The summed E-state index contributed by atoms with van der Waals surface area (Å²) in [5.41, 5.74) is 0.237. The van der Waals surface area contributed by atoms with E-state index in [-0.39, 0.29) is 16.5 Å². The number of hydrogen-bond acceptors (Lipinski definition) is 5. The van der Waals surface area contributed by atoms with Crippen molar-refractivity contribution in [2.45, 2.75) is 51.2 Å². The van der Waals surface area contributed by atoms with Crippen LogP contribution in [0.4, 0.5) is 0 Å². The number of halogens is 1. The van der Waals surface area contributed by atoms with Crippen molar-refractivity contribution in [3.63, 3.8) is 0 Å². The van der Waals surface area contributed by atoms with Crippen molar-refractivity contribution in [2.24, 2.45) is 5.92 Å². The summed E-state index contributed by atoms with van der Waals surface area (Å²) in [7, 11) is 0. The number of nitrogens with zero attached hydrogens (tertiary/aromatic N) is 1. The van der Waals surface area contributed by atoms with Crippen LogP contribution in [0.15, 0.2) is 24.3 Å². The topological polar surface area (TPSA) is 133 Å². The fourth-order valence-electron chi connectivity index (χ4n) is 3.46. The molecule has 1 aliphatic heterocycles. The number of likely N-dealkylation sites (tertiary alicyclic amines) is 1. The average molecular weight is 452 g/mol. The first kappa shape index (κ1) is 24.3. The highest BCUT2D eigenvalue weighted by Gasteiger charge is 2.39. The Balaban J connectivity index is 2.14. The Bertz CT molecular complexity index is 859. The van der Waals surface area contributed by atoms with E-state index in [1.165, 1.54) is 4.90 Å². The molecule has 31 heavy (non-hydrogen) atoms. The average Bonchev–Trinajstić information content (AvgIpc) is 3.20. The molecule has 1 aromatic rings. The molecule has 1 aliphatic rings. The van der Waals surface area contributed by atoms with Crippen molar-refractivity contribution in [3.8, 4) is 0 Å². The van der Waals surface area contributed by atoms with Crippen LogP contribution in [-0.2, 0) is 19.2 Å². The second kappa shape index (κ2) is 10.9. The summed E-state index contributed by atoms with van der Waals surface area (Å²) >= 11 is 6.07. The molecule has 1 saturated heterocycles. The van der Waals surface area contributed by atoms with E-state index in [4.69, 9.17) is 16.7 Å². The Labute approximate surface area is 185 Å². The first-order valence-corrected chi connectivity index (χ1v) is 10.4. The number of carbonyl (C=O) groups excluding carboxylic acids is 4. The molecule has 1 fully saturated rings. The van der Waals surface area contributed by atoms with Gasteiger partial charge in [0.15, 0.2) is 0 Å². The van der Waals surface area contributed by atoms with Gasteiger partial charge in [0, 0.05) is 6.54 Å². The standard InChI is InChI=1S/C21H26ClN3O6/c1-12(2)18(24-19(29)14-6-3-4-7-15(14)22)21(31)25-9-5-8-16(25)20(30)23-13(11-26)10-17(27)28/h3-4,6-7,11-13,16,18H,5,8-10H2,1-2H3,(H,23,30)(H,24,29)(H,27,28)/t13-,16-,18-/m0/s1. The predicted molar refractivity (Wildman–Crippen MR) is 113 cm³/mol. The molecule has 0 aliphatic carbocycles. The van der Waals surface area contributed by atoms with Crippen molar-refractivity contribution >= 4 is 41.6 Å². The van der Waals surface area contributed by atoms with Gasteiger partial charge in [0.1, 0.15) is 18.4 Å². The maximum Gasteiger partial charge on any atom is 0.305 e. The van der Waals surface area contributed by atoms with Crippen LogP contribution in [0, 0.1) is 5.92 Å². The maximum atomic E-state index is 13.2. The van der Waals surface area contributed by atoms with Crippen molar-refractivity contribution < 1.29 is 29.1 Å². The summed E-state index contributed by atoms with van der Waals surface area (Å²) in [5, 5.41) is 14.2. The zero-order valence-electron chi connectivity index (χ0n) is 17.3. The highest BCUT2D eigenvalue weighted by molar-refractivity contribution is 6.33. The molecule has 3 amide bonds. The number of amides is 3. The van der Waals surface area contributed by atoms with Gasteiger partial charge in [0.25, 0.3) is 5.91 Å². The smallest absolute Gasteiger partial charge is 0.305 e. The summed E-state index contributed by atoms with van der Waals surface area (Å²) in [5.74, 6) is -3.00. The lowest BCUT2D eigenvalue weighted by Crippen LogP contribution is -2.56. The van der Waals surface area contributed by atoms with Crippen LogP contribution in [0.1, 0.15) is 43.5 Å². The number of aldehydes is 1. The minimum Gasteiger partial charge on any atom is -0.481 e. The Morgan fingerprint density at radius 3 is 2.48 bits per heavy atom. The SMILES string of the molecule is CC(C)[C@H](NC(=O)c1ccccc1Cl)C(=O)N1CCC[C@H]1C(=O)N[C@H](C=O)CC(=O)O. The molecule has 0 radical (unpaired) electrons. The van der Waals surface area contributed by atoms with Crippen LogP contribution in [0.2, 0.25) is 5.02 Å². The van der Waals surface area contributed by atoms with E-state index in [1.54, 1.807) is 38.1 Å². The van der Waals surface area contributed by atoms with Gasteiger partial charge >= 0.3 is 5.97 Å². The van der Waals surface area contributed by atoms with Gasteiger partial charge < -0.3 is 25.4 Å². The fourth-order valence-corrected chi connectivity index (χ4v) is 3.68. The normalized spacial score (nSPS) is 17.7. The largest absolute Gasteiger partial charge is 0.481 e. The molecule has 3 atom stereocenters. The molecule has 0 spiro atoms. The molecule has 10 heteroatoms. The molecule has 0 unspecified atom stereocenters. The Hall–Kier alpha value is -2.94. The molecule has 168 valence electrons. The molecule has 3 N–H and O–H groups in total. The van der Waals surface area contributed by atoms with Crippen LogP contribution >= 0.6 is 11.6 Å². The lowest BCUT2D eigenvalue weighted by Gasteiger charge is -2.31. The summed E-state index contributed by atoms with van der Waals surface area (Å²) in [6, 6.07) is 3.56. The summed E-state index contributed by atoms with van der Waals surface area (Å²) in [6.07, 6.45) is 0.754. The molecule has 0 aromatic heterocycles. The van der Waals surface area contributed by atoms with Gasteiger partial charge in [-0.15, -0.1) is 0 Å². The molecule has 0 saturated carbocycles. The van der Waals surface area contributed by atoms with E-state index < -0.39 is 48.2 Å². The number of nitrogens with one attached hydrogen (secondary N) is 2. The van der Waals surface area contributed by atoms with Crippen LogP contribution < -0.4 is 10.6 Å². The molecular weight excluding hydrogens is 426 g/mol. The number of benzene rings is 1. The highest BCUT2D eigenvalue weighted by atomic mass is 35.5. The van der Waals surface area contributed by atoms with Crippen molar-refractivity contribution in [1.29, 1.82) is 0 Å². The van der Waals surface area contributed by atoms with E-state index in [2.05, 4.69) is 10.6 Å². The fraction of sp³-hybridized carbons (Fsp3) is 0.476. The number of aliphatic carboxylic acids is 1. The lowest BCUT2D eigenvalue weighted by atomic mass is 10.0. The van der Waals surface area contributed by atoms with Gasteiger partial charge in [-0.2, -0.15) is 0 Å². The second-order valence-electron chi connectivity index (χ2n) is 7.71. The van der Waals surface area contributed by atoms with E-state index in [9.17, 15) is 24.0 Å². The zero-order valence-corrected chi connectivity index (χ0v) is 18.1. The molecule has 1 aromatic carbocycles. The molecule has 0 bridgehead atoms. The van der Waals surface area contributed by atoms with Gasteiger partial charge in [0.2, 0.25) is 11.8 Å². The quantitative estimate of drug-likeness (QED) is 0.484. The van der Waals surface area contributed by atoms with E-state index in [1.807, 2.05) is 0 Å². The summed E-state index contributed by atoms with van der Waals surface area (Å²) < 4.78 is 0. The first-order valence-electron chi connectivity index (χ1n) is 9.99. The van der Waals surface area contributed by atoms with Crippen molar-refractivity contribution in [3.05, 3.63) is 34.9 Å². The van der Waals surface area contributed by atoms with Crippen molar-refractivity contribution in [2.75, 3.05) is 6.54 Å². The molecule has 9 nitrogen and oxygen atoms in total. The third-order valence-corrected chi connectivity index (χ3v) is 5.39. The number of rotatable bonds is 9. The third kappa shape index (κ3) is 6.27. The third-order valence-electron chi connectivity index (χ3n) is 5.06. The van der Waals surface area contributed by atoms with Gasteiger partial charge in [-0.05, 0) is 30.9 Å². The van der Waals surface area contributed by atoms with E-state index in [0.29, 0.717) is 25.7 Å². The van der Waals surface area contributed by atoms with Crippen LogP contribution in [-0.4, -0.2) is 64.7 Å². The number of hydrogen-bond donors (Lipinski definition) is 3. The Morgan fingerprint density at radius 1 is 1.23 bits per heavy atom. The molecule has 2 rings (SSSR count). The van der Waals surface area contributed by atoms with Gasteiger partial charge in [-0.25, -0.2) is 0 Å². The Kier molecular flexibility index (Phi) is 8.56. The highest BCUT2D eigenvalue weighted by Crippen LogP contribution is 2.22. The summed E-state index contributed by atoms with van der Waals surface area (Å²) in [6.45, 7) is 3.86. The maximum absolute atomic E-state index is 13.2.